The van der Waals surface area contributed by atoms with Crippen molar-refractivity contribution in [2.75, 3.05) is 26.2 Å². The van der Waals surface area contributed by atoms with Crippen molar-refractivity contribution in [3.8, 4) is 0 Å². The van der Waals surface area contributed by atoms with Gasteiger partial charge in [0.05, 0.1) is 11.3 Å². The van der Waals surface area contributed by atoms with Gasteiger partial charge in [0, 0.05) is 55.2 Å². The Kier molecular flexibility index (Phi) is 5.85. The van der Waals surface area contributed by atoms with Gasteiger partial charge in [-0.3, -0.25) is 9.69 Å². The van der Waals surface area contributed by atoms with E-state index in [1.54, 1.807) is 11.3 Å². The highest BCUT2D eigenvalue weighted by molar-refractivity contribution is 7.10. The number of piperidine rings is 1. The van der Waals surface area contributed by atoms with Crippen LogP contribution in [0.1, 0.15) is 57.1 Å². The zero-order valence-corrected chi connectivity index (χ0v) is 17.6. The minimum absolute atomic E-state index is 0.194. The molecule has 1 N–H and O–H groups in total. The molecule has 4 heterocycles. The summed E-state index contributed by atoms with van der Waals surface area (Å²) in [7, 11) is 0. The Labute approximate surface area is 170 Å². The van der Waals surface area contributed by atoms with E-state index in [1.807, 2.05) is 18.7 Å². The first-order valence-corrected chi connectivity index (χ1v) is 11.1. The monoisotopic (exact) mass is 403 g/mol. The molecule has 0 radical (unpaired) electrons. The van der Waals surface area contributed by atoms with Gasteiger partial charge in [-0.25, -0.2) is 0 Å². The molecule has 4 rings (SSSR count). The third kappa shape index (κ3) is 3.88. The number of thiophene rings is 1. The van der Waals surface area contributed by atoms with Gasteiger partial charge in [-0.1, -0.05) is 5.16 Å². The van der Waals surface area contributed by atoms with E-state index in [1.165, 1.54) is 16.0 Å². The van der Waals surface area contributed by atoms with E-state index in [0.717, 1.165) is 75.4 Å². The fraction of sp³-hybridized carbons (Fsp3) is 0.619. The number of nitrogens with zero attached hydrogens (tertiary/aromatic N) is 3. The Hall–Kier alpha value is -1.70. The molecular weight excluding hydrogens is 374 g/mol. The number of aliphatic hydroxyl groups excluding tert-OH is 1. The molecule has 1 amide bonds. The van der Waals surface area contributed by atoms with E-state index in [0.29, 0.717) is 5.92 Å². The molecule has 2 aromatic rings. The molecule has 0 unspecified atom stereocenters. The third-order valence-electron chi connectivity index (χ3n) is 6.26. The number of carbonyl (C=O) groups is 1. The average molecular weight is 404 g/mol. The Balaban J connectivity index is 1.40. The maximum absolute atomic E-state index is 13.1. The van der Waals surface area contributed by atoms with Gasteiger partial charge in [0.1, 0.15) is 5.76 Å². The first-order chi connectivity index (χ1) is 13.6. The molecule has 0 saturated carbocycles. The Bertz CT molecular complexity index is 817. The van der Waals surface area contributed by atoms with E-state index in [2.05, 4.69) is 15.4 Å². The standard InChI is InChI=1S/C21H29N3O3S/c1-14-18(15(2)27-22-14)11-23-7-5-17-19(13-28-20(17)12-23)21(26)24-8-3-16(4-9-24)6-10-25/h13,16,25H,3-12H2,1-2H3. The maximum Gasteiger partial charge on any atom is 0.254 e. The van der Waals surface area contributed by atoms with Gasteiger partial charge in [0.2, 0.25) is 0 Å². The van der Waals surface area contributed by atoms with Crippen LogP contribution in [-0.2, 0) is 19.5 Å². The van der Waals surface area contributed by atoms with E-state index >= 15 is 0 Å². The molecule has 0 aromatic carbocycles. The summed E-state index contributed by atoms with van der Waals surface area (Å²) in [6, 6.07) is 0. The number of hydrogen-bond acceptors (Lipinski definition) is 6. The van der Waals surface area contributed by atoms with Crippen LogP contribution in [0, 0.1) is 19.8 Å². The lowest BCUT2D eigenvalue weighted by Crippen LogP contribution is -2.39. The predicted octanol–water partition coefficient (Wildman–Crippen LogP) is 3.15. The lowest BCUT2D eigenvalue weighted by atomic mass is 9.93. The van der Waals surface area contributed by atoms with Crippen molar-refractivity contribution < 1.29 is 14.4 Å². The fourth-order valence-electron chi connectivity index (χ4n) is 4.42. The molecule has 0 bridgehead atoms. The molecule has 28 heavy (non-hydrogen) atoms. The highest BCUT2D eigenvalue weighted by atomic mass is 32.1. The number of hydrogen-bond donors (Lipinski definition) is 1. The van der Waals surface area contributed by atoms with Crippen molar-refractivity contribution in [3.05, 3.63) is 38.4 Å². The normalized spacial score (nSPS) is 18.5. The molecule has 7 heteroatoms. The summed E-state index contributed by atoms with van der Waals surface area (Å²) in [4.78, 5) is 18.8. The zero-order valence-electron chi connectivity index (χ0n) is 16.7. The Morgan fingerprint density at radius 2 is 2.11 bits per heavy atom. The molecule has 0 atom stereocenters. The summed E-state index contributed by atoms with van der Waals surface area (Å²) in [5.41, 5.74) is 4.32. The number of rotatable bonds is 5. The van der Waals surface area contributed by atoms with Crippen LogP contribution in [-0.4, -0.2) is 52.2 Å². The smallest absolute Gasteiger partial charge is 0.254 e. The van der Waals surface area contributed by atoms with Crippen LogP contribution in [0.15, 0.2) is 9.90 Å². The van der Waals surface area contributed by atoms with Crippen LogP contribution in [0.3, 0.4) is 0 Å². The number of aliphatic hydroxyl groups is 1. The molecule has 2 aliphatic rings. The summed E-state index contributed by atoms with van der Waals surface area (Å²) in [5.74, 6) is 1.65. The van der Waals surface area contributed by atoms with Crippen LogP contribution in [0.2, 0.25) is 0 Å². The quantitative estimate of drug-likeness (QED) is 0.831. The zero-order chi connectivity index (χ0) is 19.7. The van der Waals surface area contributed by atoms with Crippen molar-refractivity contribution in [3.63, 3.8) is 0 Å². The number of carbonyl (C=O) groups excluding carboxylic acids is 1. The van der Waals surface area contributed by atoms with Crippen molar-refractivity contribution in [1.29, 1.82) is 0 Å². The molecular formula is C21H29N3O3S. The number of amides is 1. The van der Waals surface area contributed by atoms with Crippen LogP contribution >= 0.6 is 11.3 Å². The maximum atomic E-state index is 13.1. The van der Waals surface area contributed by atoms with Crippen molar-refractivity contribution in [2.45, 2.75) is 52.6 Å². The van der Waals surface area contributed by atoms with E-state index < -0.39 is 0 Å². The minimum Gasteiger partial charge on any atom is -0.396 e. The highest BCUT2D eigenvalue weighted by Gasteiger charge is 2.29. The van der Waals surface area contributed by atoms with Crippen LogP contribution in [0.4, 0.5) is 0 Å². The second-order valence-electron chi connectivity index (χ2n) is 8.06. The second kappa shape index (κ2) is 8.35. The van der Waals surface area contributed by atoms with Crippen LogP contribution in [0.5, 0.6) is 0 Å². The van der Waals surface area contributed by atoms with E-state index in [9.17, 15) is 4.79 Å². The van der Waals surface area contributed by atoms with Gasteiger partial charge in [-0.2, -0.15) is 0 Å². The average Bonchev–Trinajstić information content (AvgIpc) is 3.26. The summed E-state index contributed by atoms with van der Waals surface area (Å²) in [6.45, 7) is 8.52. The van der Waals surface area contributed by atoms with Crippen molar-refractivity contribution >= 4 is 17.2 Å². The van der Waals surface area contributed by atoms with Crippen LogP contribution < -0.4 is 0 Å². The fourth-order valence-corrected chi connectivity index (χ4v) is 5.54. The van der Waals surface area contributed by atoms with Gasteiger partial charge in [0.15, 0.2) is 0 Å². The highest BCUT2D eigenvalue weighted by Crippen LogP contribution is 2.32. The molecule has 2 aliphatic heterocycles. The largest absolute Gasteiger partial charge is 0.396 e. The molecule has 152 valence electrons. The lowest BCUT2D eigenvalue weighted by molar-refractivity contribution is 0.0676. The molecule has 1 saturated heterocycles. The SMILES string of the molecule is Cc1noc(C)c1CN1CCc2c(C(=O)N3CCC(CCO)CC3)csc2C1. The molecule has 6 nitrogen and oxygen atoms in total. The van der Waals surface area contributed by atoms with Gasteiger partial charge in [-0.15, -0.1) is 11.3 Å². The summed E-state index contributed by atoms with van der Waals surface area (Å²) < 4.78 is 5.29. The number of aromatic nitrogens is 1. The van der Waals surface area contributed by atoms with Gasteiger partial charge >= 0.3 is 0 Å². The number of likely N-dealkylation sites (tertiary alicyclic amines) is 1. The minimum atomic E-state index is 0.194. The number of aryl methyl sites for hydroxylation is 2. The van der Waals surface area contributed by atoms with Crippen LogP contribution in [0.25, 0.3) is 0 Å². The third-order valence-corrected chi connectivity index (χ3v) is 7.27. The Morgan fingerprint density at radius 3 is 2.79 bits per heavy atom. The predicted molar refractivity (Wildman–Crippen MR) is 108 cm³/mol. The summed E-state index contributed by atoms with van der Waals surface area (Å²) >= 11 is 1.72. The topological polar surface area (TPSA) is 69.8 Å². The van der Waals surface area contributed by atoms with E-state index in [-0.39, 0.29) is 12.5 Å². The van der Waals surface area contributed by atoms with Gasteiger partial charge < -0.3 is 14.5 Å². The summed E-state index contributed by atoms with van der Waals surface area (Å²) in [6.07, 6.45) is 3.79. The molecule has 0 spiro atoms. The van der Waals surface area contributed by atoms with E-state index in [4.69, 9.17) is 9.63 Å². The first-order valence-electron chi connectivity index (χ1n) is 10.2. The van der Waals surface area contributed by atoms with Crippen molar-refractivity contribution in [1.82, 2.24) is 15.0 Å². The van der Waals surface area contributed by atoms with Gasteiger partial charge in [-0.05, 0) is 51.0 Å². The first kappa shape index (κ1) is 19.6. The molecule has 0 aliphatic carbocycles. The second-order valence-corrected chi connectivity index (χ2v) is 9.03. The lowest BCUT2D eigenvalue weighted by Gasteiger charge is -2.32. The van der Waals surface area contributed by atoms with Crippen molar-refractivity contribution in [2.24, 2.45) is 5.92 Å². The number of fused-ring (bicyclic) bond motifs is 1. The van der Waals surface area contributed by atoms with Gasteiger partial charge in [0.25, 0.3) is 5.91 Å². The Morgan fingerprint density at radius 1 is 1.32 bits per heavy atom. The summed E-state index contributed by atoms with van der Waals surface area (Å²) in [5, 5.41) is 15.2. The molecule has 1 fully saturated rings. The molecule has 2 aromatic heterocycles.